The number of nitrogens with one attached hydrogen (secondary N) is 1. The van der Waals surface area contributed by atoms with Gasteiger partial charge in [0.2, 0.25) is 0 Å². The van der Waals surface area contributed by atoms with Gasteiger partial charge in [0, 0.05) is 50.9 Å². The van der Waals surface area contributed by atoms with E-state index in [4.69, 9.17) is 9.73 Å². The van der Waals surface area contributed by atoms with E-state index in [1.165, 1.54) is 18.5 Å². The molecule has 2 fully saturated rings. The first kappa shape index (κ1) is 20.3. The number of hydrogen-bond donors (Lipinski definition) is 1. The summed E-state index contributed by atoms with van der Waals surface area (Å²) in [5.74, 6) is 1.06. The maximum atomic E-state index is 5.64. The van der Waals surface area contributed by atoms with Crippen molar-refractivity contribution in [1.82, 2.24) is 10.2 Å². The van der Waals surface area contributed by atoms with Crippen LogP contribution in [0.5, 0.6) is 0 Å². The fourth-order valence-corrected chi connectivity index (χ4v) is 3.63. The van der Waals surface area contributed by atoms with Crippen molar-refractivity contribution in [1.29, 1.82) is 0 Å². The van der Waals surface area contributed by atoms with Gasteiger partial charge in [0.05, 0.1) is 13.2 Å². The predicted octanol–water partition coefficient (Wildman–Crippen LogP) is 2.82. The van der Waals surface area contributed by atoms with Gasteiger partial charge in [-0.05, 0) is 31.9 Å². The maximum Gasteiger partial charge on any atom is 0.193 e. The topological polar surface area (TPSA) is 40.1 Å². The van der Waals surface area contributed by atoms with E-state index in [1.54, 1.807) is 0 Å². The number of likely N-dealkylation sites (tertiary alicyclic amines) is 1. The van der Waals surface area contributed by atoms with Crippen molar-refractivity contribution in [3.63, 3.8) is 0 Å². The smallest absolute Gasteiger partial charge is 0.193 e. The number of nitrogens with zero attached hydrogens (tertiary/aromatic N) is 3. The molecule has 0 amide bonds. The van der Waals surface area contributed by atoms with E-state index >= 15 is 0 Å². The van der Waals surface area contributed by atoms with Crippen molar-refractivity contribution in [3.8, 4) is 0 Å². The molecule has 1 aromatic rings. The Labute approximate surface area is 168 Å². The van der Waals surface area contributed by atoms with E-state index in [9.17, 15) is 0 Å². The molecule has 1 atom stereocenters. The fraction of sp³-hybridized carbons (Fsp3) is 0.632. The van der Waals surface area contributed by atoms with Crippen LogP contribution in [0.1, 0.15) is 19.8 Å². The van der Waals surface area contributed by atoms with Crippen LogP contribution >= 0.6 is 24.0 Å². The molecule has 0 bridgehead atoms. The minimum Gasteiger partial charge on any atom is -0.381 e. The highest BCUT2D eigenvalue weighted by Crippen LogP contribution is 2.38. The van der Waals surface area contributed by atoms with Crippen molar-refractivity contribution in [3.05, 3.63) is 30.3 Å². The molecule has 0 aliphatic carbocycles. The van der Waals surface area contributed by atoms with Crippen molar-refractivity contribution in [2.75, 3.05) is 57.9 Å². The molecule has 1 spiro atoms. The lowest BCUT2D eigenvalue weighted by Gasteiger charge is -2.25. The quantitative estimate of drug-likeness (QED) is 0.419. The summed E-state index contributed by atoms with van der Waals surface area (Å²) >= 11 is 0. The lowest BCUT2D eigenvalue weighted by atomic mass is 9.87. The second kappa shape index (κ2) is 9.62. The summed E-state index contributed by atoms with van der Waals surface area (Å²) in [7, 11) is 2.12. The average Bonchev–Trinajstić information content (AvgIpc) is 3.25. The van der Waals surface area contributed by atoms with Gasteiger partial charge in [0.15, 0.2) is 5.96 Å². The molecule has 0 radical (unpaired) electrons. The molecule has 0 saturated carbocycles. The molecule has 140 valence electrons. The molecule has 2 aliphatic rings. The Balaban J connectivity index is 0.00000225. The minimum atomic E-state index is 0. The number of para-hydroxylation sites is 1. The van der Waals surface area contributed by atoms with Crippen LogP contribution in [0.25, 0.3) is 0 Å². The van der Waals surface area contributed by atoms with E-state index < -0.39 is 0 Å². The zero-order valence-corrected chi connectivity index (χ0v) is 17.7. The highest BCUT2D eigenvalue weighted by Gasteiger charge is 2.42. The van der Waals surface area contributed by atoms with Crippen molar-refractivity contribution in [2.45, 2.75) is 19.8 Å². The van der Waals surface area contributed by atoms with Crippen LogP contribution in [0, 0.1) is 5.41 Å². The highest BCUT2D eigenvalue weighted by atomic mass is 127. The summed E-state index contributed by atoms with van der Waals surface area (Å²) in [4.78, 5) is 9.54. The summed E-state index contributed by atoms with van der Waals surface area (Å²) < 4.78 is 5.64. The summed E-state index contributed by atoms with van der Waals surface area (Å²) in [6.07, 6.45) is 2.42. The molecule has 6 heteroatoms. The van der Waals surface area contributed by atoms with Gasteiger partial charge in [-0.15, -0.1) is 24.0 Å². The van der Waals surface area contributed by atoms with E-state index in [1.807, 2.05) is 0 Å². The lowest BCUT2D eigenvalue weighted by molar-refractivity contribution is 0.156. The van der Waals surface area contributed by atoms with Crippen LogP contribution in [0.4, 0.5) is 5.69 Å². The van der Waals surface area contributed by atoms with E-state index in [2.05, 4.69) is 59.4 Å². The SMILES string of the molecule is CCNC(=NCCN(C)c1ccccc1)N1CCC2(CCOC2)C1.I. The number of rotatable bonds is 5. The van der Waals surface area contributed by atoms with Gasteiger partial charge in [-0.3, -0.25) is 4.99 Å². The minimum absolute atomic E-state index is 0. The van der Waals surface area contributed by atoms with Crippen LogP contribution < -0.4 is 10.2 Å². The number of halogens is 1. The number of ether oxygens (including phenoxy) is 1. The number of benzene rings is 1. The van der Waals surface area contributed by atoms with Crippen LogP contribution in [-0.2, 0) is 4.74 Å². The summed E-state index contributed by atoms with van der Waals surface area (Å²) in [6.45, 7) is 8.76. The maximum absolute atomic E-state index is 5.64. The lowest BCUT2D eigenvalue weighted by Crippen LogP contribution is -2.42. The number of anilines is 1. The zero-order chi connectivity index (χ0) is 16.8. The standard InChI is InChI=1S/C19H30N4O.HI/c1-3-20-18(23-12-9-19(15-23)10-14-24-16-19)21-11-13-22(2)17-7-5-4-6-8-17;/h4-8H,3,9-16H2,1-2H3,(H,20,21);1H. The van der Waals surface area contributed by atoms with E-state index in [0.29, 0.717) is 5.41 Å². The molecule has 1 aromatic carbocycles. The van der Waals surface area contributed by atoms with Gasteiger partial charge >= 0.3 is 0 Å². The molecule has 0 aromatic heterocycles. The first-order chi connectivity index (χ1) is 11.7. The number of hydrogen-bond acceptors (Lipinski definition) is 3. The third-order valence-electron chi connectivity index (χ3n) is 5.15. The van der Waals surface area contributed by atoms with Gasteiger partial charge < -0.3 is 19.9 Å². The molecular weight excluding hydrogens is 427 g/mol. The van der Waals surface area contributed by atoms with E-state index in [0.717, 1.165) is 51.9 Å². The van der Waals surface area contributed by atoms with Crippen LogP contribution in [0.2, 0.25) is 0 Å². The first-order valence-corrected chi connectivity index (χ1v) is 9.10. The Hall–Kier alpha value is -1.02. The second-order valence-corrected chi connectivity index (χ2v) is 6.97. The summed E-state index contributed by atoms with van der Waals surface area (Å²) in [6, 6.07) is 10.5. The van der Waals surface area contributed by atoms with Gasteiger partial charge in [0.1, 0.15) is 0 Å². The Bertz CT molecular complexity index is 546. The molecule has 1 N–H and O–H groups in total. The Kier molecular flexibility index (Phi) is 7.81. The summed E-state index contributed by atoms with van der Waals surface area (Å²) in [5, 5.41) is 3.46. The molecule has 3 rings (SSSR count). The average molecular weight is 458 g/mol. The van der Waals surface area contributed by atoms with Gasteiger partial charge in [-0.2, -0.15) is 0 Å². The molecule has 5 nitrogen and oxygen atoms in total. The number of aliphatic imine (C=N–C) groups is 1. The summed E-state index contributed by atoms with van der Waals surface area (Å²) in [5.41, 5.74) is 1.61. The molecule has 2 heterocycles. The number of likely N-dealkylation sites (N-methyl/N-ethyl adjacent to an activating group) is 1. The Morgan fingerprint density at radius 3 is 2.80 bits per heavy atom. The number of guanidine groups is 1. The largest absolute Gasteiger partial charge is 0.381 e. The highest BCUT2D eigenvalue weighted by molar-refractivity contribution is 14.0. The van der Waals surface area contributed by atoms with Gasteiger partial charge in [0.25, 0.3) is 0 Å². The third-order valence-corrected chi connectivity index (χ3v) is 5.15. The molecule has 25 heavy (non-hydrogen) atoms. The molecule has 1 unspecified atom stereocenters. The van der Waals surface area contributed by atoms with Crippen molar-refractivity contribution < 1.29 is 4.74 Å². The van der Waals surface area contributed by atoms with Crippen LogP contribution in [0.15, 0.2) is 35.3 Å². The third kappa shape index (κ3) is 5.23. The second-order valence-electron chi connectivity index (χ2n) is 6.97. The predicted molar refractivity (Wildman–Crippen MR) is 115 cm³/mol. The van der Waals surface area contributed by atoms with Gasteiger partial charge in [-0.1, -0.05) is 18.2 Å². The van der Waals surface area contributed by atoms with Crippen molar-refractivity contribution >= 4 is 35.6 Å². The Morgan fingerprint density at radius 1 is 1.32 bits per heavy atom. The normalized spacial score (nSPS) is 23.0. The van der Waals surface area contributed by atoms with E-state index in [-0.39, 0.29) is 24.0 Å². The van der Waals surface area contributed by atoms with Crippen LogP contribution in [0.3, 0.4) is 0 Å². The van der Waals surface area contributed by atoms with Gasteiger partial charge in [-0.25, -0.2) is 0 Å². The van der Waals surface area contributed by atoms with Crippen LogP contribution in [-0.4, -0.2) is 63.8 Å². The monoisotopic (exact) mass is 458 g/mol. The first-order valence-electron chi connectivity index (χ1n) is 9.10. The van der Waals surface area contributed by atoms with Crippen molar-refractivity contribution in [2.24, 2.45) is 10.4 Å². The molecular formula is C19H31IN4O. The Morgan fingerprint density at radius 2 is 2.12 bits per heavy atom. The zero-order valence-electron chi connectivity index (χ0n) is 15.4. The molecule has 2 saturated heterocycles. The molecule has 2 aliphatic heterocycles. The fourth-order valence-electron chi connectivity index (χ4n) is 3.63.